The number of fused-ring (bicyclic) bond motifs is 2. The van der Waals surface area contributed by atoms with Crippen molar-refractivity contribution in [2.45, 2.75) is 33.1 Å². The Hall–Kier alpha value is -1.09. The molecule has 0 aliphatic heterocycles. The van der Waals surface area contributed by atoms with Crippen LogP contribution in [0.4, 0.5) is 5.69 Å². The molecule has 1 aromatic heterocycles. The Morgan fingerprint density at radius 2 is 2.17 bits per heavy atom. The first-order chi connectivity index (χ1) is 8.72. The molecule has 0 radical (unpaired) electrons. The van der Waals surface area contributed by atoms with E-state index < -0.39 is 0 Å². The van der Waals surface area contributed by atoms with E-state index >= 15 is 0 Å². The van der Waals surface area contributed by atoms with Crippen LogP contribution in [0.2, 0.25) is 0 Å². The lowest BCUT2D eigenvalue weighted by Crippen LogP contribution is -2.04. The second-order valence-electron chi connectivity index (χ2n) is 4.88. The van der Waals surface area contributed by atoms with Gasteiger partial charge in [0.25, 0.3) is 0 Å². The predicted molar refractivity (Wildman–Crippen MR) is 80.4 cm³/mol. The summed E-state index contributed by atoms with van der Waals surface area (Å²) >= 11 is 3.63. The van der Waals surface area contributed by atoms with E-state index in [9.17, 15) is 0 Å². The molecule has 2 nitrogen and oxygen atoms in total. The van der Waals surface area contributed by atoms with Crippen molar-refractivity contribution in [2.75, 3.05) is 11.9 Å². The fourth-order valence-corrected chi connectivity index (χ4v) is 3.29. The van der Waals surface area contributed by atoms with Crippen LogP contribution in [0.15, 0.2) is 16.6 Å². The molecule has 0 fully saturated rings. The fourth-order valence-electron chi connectivity index (χ4n) is 2.87. The first kappa shape index (κ1) is 12.0. The number of rotatable bonds is 2. The molecule has 94 valence electrons. The third-order valence-electron chi connectivity index (χ3n) is 3.68. The van der Waals surface area contributed by atoms with Crippen LogP contribution in [-0.4, -0.2) is 11.5 Å². The largest absolute Gasteiger partial charge is 0.384 e. The molecule has 1 heterocycles. The number of halogens is 1. The number of benzene rings is 1. The Bertz CT molecular complexity index is 620. The number of hydrogen-bond acceptors (Lipinski definition) is 2. The van der Waals surface area contributed by atoms with E-state index in [0.29, 0.717) is 0 Å². The number of nitrogens with one attached hydrogen (secondary N) is 1. The van der Waals surface area contributed by atoms with Crippen molar-refractivity contribution < 1.29 is 0 Å². The summed E-state index contributed by atoms with van der Waals surface area (Å²) in [6, 6.07) is 4.26. The van der Waals surface area contributed by atoms with Gasteiger partial charge in [-0.1, -0.05) is 6.07 Å². The number of nitrogens with zero attached hydrogens (tertiary/aromatic N) is 1. The average molecular weight is 305 g/mol. The molecule has 1 aliphatic carbocycles. The van der Waals surface area contributed by atoms with Crippen molar-refractivity contribution in [2.24, 2.45) is 0 Å². The molecule has 0 saturated heterocycles. The molecule has 1 aliphatic rings. The van der Waals surface area contributed by atoms with Gasteiger partial charge in [0.1, 0.15) is 0 Å². The maximum Gasteiger partial charge on any atom is 0.0870 e. The Morgan fingerprint density at radius 3 is 2.94 bits per heavy atom. The summed E-state index contributed by atoms with van der Waals surface area (Å²) in [5, 5.41) is 4.84. The zero-order chi connectivity index (χ0) is 12.7. The van der Waals surface area contributed by atoms with Crippen LogP contribution in [-0.2, 0) is 12.8 Å². The highest BCUT2D eigenvalue weighted by atomic mass is 79.9. The number of anilines is 1. The van der Waals surface area contributed by atoms with Crippen LogP contribution in [0.5, 0.6) is 0 Å². The van der Waals surface area contributed by atoms with Gasteiger partial charge in [-0.2, -0.15) is 0 Å². The van der Waals surface area contributed by atoms with Crippen molar-refractivity contribution in [3.8, 4) is 0 Å². The first-order valence-corrected chi connectivity index (χ1v) is 7.36. The number of hydrogen-bond donors (Lipinski definition) is 1. The molecular formula is C15H17BrN2. The second-order valence-corrected chi connectivity index (χ2v) is 5.74. The molecule has 0 spiro atoms. The molecule has 3 rings (SSSR count). The van der Waals surface area contributed by atoms with Gasteiger partial charge in [0.05, 0.1) is 5.52 Å². The molecule has 1 aromatic carbocycles. The summed E-state index contributed by atoms with van der Waals surface area (Å²) in [6.45, 7) is 5.27. The SMILES string of the molecule is CCNc1c2c(nc3c(Br)ccc(C)c13)CCC2. The molecule has 0 atom stereocenters. The molecule has 2 aromatic rings. The predicted octanol–water partition coefficient (Wildman–Crippen LogP) is 4.23. The average Bonchev–Trinajstić information content (AvgIpc) is 2.82. The van der Waals surface area contributed by atoms with E-state index in [1.165, 1.54) is 34.3 Å². The lowest BCUT2D eigenvalue weighted by molar-refractivity contribution is 0.901. The topological polar surface area (TPSA) is 24.9 Å². The quantitative estimate of drug-likeness (QED) is 0.898. The van der Waals surface area contributed by atoms with Crippen LogP contribution in [0, 0.1) is 6.92 Å². The zero-order valence-corrected chi connectivity index (χ0v) is 12.4. The molecule has 0 saturated carbocycles. The first-order valence-electron chi connectivity index (χ1n) is 6.56. The van der Waals surface area contributed by atoms with Gasteiger partial charge >= 0.3 is 0 Å². The minimum atomic E-state index is 0.956. The Balaban J connectivity index is 2.42. The van der Waals surface area contributed by atoms with Crippen LogP contribution in [0.25, 0.3) is 10.9 Å². The smallest absolute Gasteiger partial charge is 0.0870 e. The van der Waals surface area contributed by atoms with Gasteiger partial charge in [-0.25, -0.2) is 0 Å². The summed E-state index contributed by atoms with van der Waals surface area (Å²) in [5.74, 6) is 0. The molecule has 1 N–H and O–H groups in total. The van der Waals surface area contributed by atoms with E-state index in [2.05, 4.69) is 47.2 Å². The van der Waals surface area contributed by atoms with Gasteiger partial charge in [0, 0.05) is 27.8 Å². The van der Waals surface area contributed by atoms with Gasteiger partial charge < -0.3 is 5.32 Å². The van der Waals surface area contributed by atoms with Gasteiger partial charge in [-0.05, 0) is 66.2 Å². The van der Waals surface area contributed by atoms with E-state index in [1.807, 2.05) is 0 Å². The van der Waals surface area contributed by atoms with Crippen molar-refractivity contribution in [1.82, 2.24) is 4.98 Å². The zero-order valence-electron chi connectivity index (χ0n) is 10.8. The number of aryl methyl sites for hydroxylation is 2. The summed E-state index contributed by atoms with van der Waals surface area (Å²) in [6.07, 6.45) is 3.50. The molecule has 18 heavy (non-hydrogen) atoms. The lowest BCUT2D eigenvalue weighted by Gasteiger charge is -2.16. The number of aromatic nitrogens is 1. The maximum atomic E-state index is 4.87. The van der Waals surface area contributed by atoms with Crippen LogP contribution in [0.1, 0.15) is 30.2 Å². The van der Waals surface area contributed by atoms with Gasteiger partial charge in [0.2, 0.25) is 0 Å². The Kier molecular flexibility index (Phi) is 3.02. The third kappa shape index (κ3) is 1.72. The summed E-state index contributed by atoms with van der Waals surface area (Å²) < 4.78 is 1.09. The van der Waals surface area contributed by atoms with E-state index in [-0.39, 0.29) is 0 Å². The Labute approximate surface area is 116 Å². The molecule has 3 heteroatoms. The summed E-state index contributed by atoms with van der Waals surface area (Å²) in [7, 11) is 0. The molecule has 0 amide bonds. The summed E-state index contributed by atoms with van der Waals surface area (Å²) in [4.78, 5) is 4.87. The third-order valence-corrected chi connectivity index (χ3v) is 4.32. The van der Waals surface area contributed by atoms with E-state index in [4.69, 9.17) is 4.98 Å². The summed E-state index contributed by atoms with van der Waals surface area (Å²) in [5.41, 5.74) is 6.43. The van der Waals surface area contributed by atoms with Gasteiger partial charge in [-0.15, -0.1) is 0 Å². The van der Waals surface area contributed by atoms with Crippen molar-refractivity contribution in [1.29, 1.82) is 0 Å². The van der Waals surface area contributed by atoms with Crippen molar-refractivity contribution in [3.63, 3.8) is 0 Å². The fraction of sp³-hybridized carbons (Fsp3) is 0.400. The standard InChI is InChI=1S/C15H17BrN2/c1-3-17-14-10-5-4-6-12(10)18-15-11(16)8-7-9(2)13(14)15/h7-8H,3-6H2,1-2H3,(H,17,18). The lowest BCUT2D eigenvalue weighted by atomic mass is 10.0. The van der Waals surface area contributed by atoms with Crippen molar-refractivity contribution in [3.05, 3.63) is 33.4 Å². The van der Waals surface area contributed by atoms with Crippen LogP contribution < -0.4 is 5.32 Å². The van der Waals surface area contributed by atoms with Crippen molar-refractivity contribution >= 4 is 32.5 Å². The highest BCUT2D eigenvalue weighted by Crippen LogP contribution is 2.38. The molecule has 0 unspecified atom stereocenters. The maximum absolute atomic E-state index is 4.87. The van der Waals surface area contributed by atoms with E-state index in [1.54, 1.807) is 0 Å². The van der Waals surface area contributed by atoms with E-state index in [0.717, 1.165) is 29.4 Å². The van der Waals surface area contributed by atoms with Crippen LogP contribution >= 0.6 is 15.9 Å². The minimum absolute atomic E-state index is 0.956. The minimum Gasteiger partial charge on any atom is -0.384 e. The number of pyridine rings is 1. The second kappa shape index (κ2) is 4.54. The highest BCUT2D eigenvalue weighted by Gasteiger charge is 2.21. The molecule has 0 bridgehead atoms. The Morgan fingerprint density at radius 1 is 1.33 bits per heavy atom. The molecular weight excluding hydrogens is 288 g/mol. The van der Waals surface area contributed by atoms with Gasteiger partial charge in [-0.3, -0.25) is 4.98 Å². The van der Waals surface area contributed by atoms with Crippen LogP contribution in [0.3, 0.4) is 0 Å². The van der Waals surface area contributed by atoms with Gasteiger partial charge in [0.15, 0.2) is 0 Å². The monoisotopic (exact) mass is 304 g/mol. The normalized spacial score (nSPS) is 13.9. The highest BCUT2D eigenvalue weighted by molar-refractivity contribution is 9.10.